The van der Waals surface area contributed by atoms with Gasteiger partial charge in [-0.05, 0) is 40.6 Å². The minimum atomic E-state index is 0.0677. The molecule has 0 amide bonds. The van der Waals surface area contributed by atoms with Crippen molar-refractivity contribution in [2.45, 2.75) is 51.6 Å². The van der Waals surface area contributed by atoms with Crippen LogP contribution in [0.15, 0.2) is 10.7 Å². The Labute approximate surface area is 130 Å². The fraction of sp³-hybridized carbons (Fsp3) is 0.800. The molecule has 3 atom stereocenters. The Hall–Kier alpha value is -0.390. The molecule has 0 radical (unpaired) electrons. The molecule has 0 spiro atoms. The van der Waals surface area contributed by atoms with Gasteiger partial charge in [-0.15, -0.1) is 0 Å². The Morgan fingerprint density at radius 1 is 1.55 bits per heavy atom. The van der Waals surface area contributed by atoms with E-state index in [-0.39, 0.29) is 6.04 Å². The van der Waals surface area contributed by atoms with Crippen molar-refractivity contribution >= 4 is 15.9 Å². The van der Waals surface area contributed by atoms with Crippen molar-refractivity contribution in [1.82, 2.24) is 9.78 Å². The van der Waals surface area contributed by atoms with Gasteiger partial charge in [-0.3, -0.25) is 4.68 Å². The number of methoxy groups -OCH3 is 1. The summed E-state index contributed by atoms with van der Waals surface area (Å²) in [6.07, 6.45) is 8.28. The molecule has 0 aromatic carbocycles. The van der Waals surface area contributed by atoms with E-state index in [0.717, 1.165) is 22.6 Å². The summed E-state index contributed by atoms with van der Waals surface area (Å²) in [4.78, 5) is 0. The average molecular weight is 344 g/mol. The van der Waals surface area contributed by atoms with Gasteiger partial charge in [-0.2, -0.15) is 5.10 Å². The zero-order valence-corrected chi connectivity index (χ0v) is 14.1. The van der Waals surface area contributed by atoms with E-state index < -0.39 is 0 Å². The second-order valence-electron chi connectivity index (χ2n) is 5.82. The molecule has 114 valence electrons. The molecule has 3 unspecified atom stereocenters. The zero-order valence-electron chi connectivity index (χ0n) is 12.5. The SMILES string of the molecule is CCC1CCCC(C(N)c2c(Br)cnn2CCOC)C1. The van der Waals surface area contributed by atoms with Crippen LogP contribution in [0.1, 0.15) is 50.8 Å². The first-order valence-corrected chi connectivity index (χ1v) is 8.42. The van der Waals surface area contributed by atoms with Gasteiger partial charge >= 0.3 is 0 Å². The molecular formula is C15H26BrN3O. The molecule has 1 saturated carbocycles. The van der Waals surface area contributed by atoms with E-state index in [4.69, 9.17) is 10.5 Å². The Bertz CT molecular complexity index is 421. The molecule has 0 bridgehead atoms. The summed E-state index contributed by atoms with van der Waals surface area (Å²) in [6, 6.07) is 0.0677. The van der Waals surface area contributed by atoms with Gasteiger partial charge in [0.25, 0.3) is 0 Å². The quantitative estimate of drug-likeness (QED) is 0.859. The van der Waals surface area contributed by atoms with Gasteiger partial charge in [0.05, 0.1) is 35.6 Å². The van der Waals surface area contributed by atoms with E-state index in [0.29, 0.717) is 12.5 Å². The van der Waals surface area contributed by atoms with Crippen molar-refractivity contribution in [1.29, 1.82) is 0 Å². The average Bonchev–Trinajstić information content (AvgIpc) is 2.85. The van der Waals surface area contributed by atoms with Gasteiger partial charge < -0.3 is 10.5 Å². The molecule has 2 rings (SSSR count). The highest BCUT2D eigenvalue weighted by molar-refractivity contribution is 9.10. The number of ether oxygens (including phenoxy) is 1. The van der Waals surface area contributed by atoms with Crippen LogP contribution in [-0.2, 0) is 11.3 Å². The largest absolute Gasteiger partial charge is 0.383 e. The maximum atomic E-state index is 6.57. The smallest absolute Gasteiger partial charge is 0.0697 e. The summed E-state index contributed by atoms with van der Waals surface area (Å²) in [6.45, 7) is 3.71. The fourth-order valence-corrected chi connectivity index (χ4v) is 3.87. The van der Waals surface area contributed by atoms with E-state index in [1.807, 2.05) is 10.9 Å². The van der Waals surface area contributed by atoms with Gasteiger partial charge in [-0.25, -0.2) is 0 Å². The molecule has 1 aromatic rings. The van der Waals surface area contributed by atoms with E-state index in [1.54, 1.807) is 7.11 Å². The molecule has 2 N–H and O–H groups in total. The van der Waals surface area contributed by atoms with Gasteiger partial charge in [0, 0.05) is 7.11 Å². The standard InChI is InChI=1S/C15H26BrN3O/c1-3-11-5-4-6-12(9-11)14(17)15-13(16)10-18-19(15)7-8-20-2/h10-12,14H,3-9,17H2,1-2H3. The normalized spacial score (nSPS) is 24.8. The Morgan fingerprint density at radius 3 is 3.05 bits per heavy atom. The molecule has 0 aliphatic heterocycles. The zero-order chi connectivity index (χ0) is 14.5. The van der Waals surface area contributed by atoms with Crippen molar-refractivity contribution < 1.29 is 4.74 Å². The van der Waals surface area contributed by atoms with Crippen LogP contribution in [-0.4, -0.2) is 23.5 Å². The first-order chi connectivity index (χ1) is 9.67. The number of hydrogen-bond acceptors (Lipinski definition) is 3. The molecule has 0 saturated heterocycles. The van der Waals surface area contributed by atoms with Crippen LogP contribution in [0, 0.1) is 11.8 Å². The molecule has 1 aliphatic carbocycles. The fourth-order valence-electron chi connectivity index (χ4n) is 3.31. The maximum Gasteiger partial charge on any atom is 0.0697 e. The predicted octanol–water partition coefficient (Wildman–Crippen LogP) is 3.51. The summed E-state index contributed by atoms with van der Waals surface area (Å²) >= 11 is 3.60. The molecule has 1 aromatic heterocycles. The number of nitrogens with zero attached hydrogens (tertiary/aromatic N) is 2. The monoisotopic (exact) mass is 343 g/mol. The molecule has 1 heterocycles. The highest BCUT2D eigenvalue weighted by Gasteiger charge is 2.29. The highest BCUT2D eigenvalue weighted by Crippen LogP contribution is 2.38. The summed E-state index contributed by atoms with van der Waals surface area (Å²) in [5.74, 6) is 1.41. The number of halogens is 1. The molecular weight excluding hydrogens is 318 g/mol. The Balaban J connectivity index is 2.11. The lowest BCUT2D eigenvalue weighted by Crippen LogP contribution is -2.29. The summed E-state index contributed by atoms with van der Waals surface area (Å²) in [5.41, 5.74) is 7.70. The number of aromatic nitrogens is 2. The first-order valence-electron chi connectivity index (χ1n) is 7.63. The summed E-state index contributed by atoms with van der Waals surface area (Å²) < 4.78 is 8.17. The molecule has 1 aliphatic rings. The maximum absolute atomic E-state index is 6.57. The third-order valence-electron chi connectivity index (χ3n) is 4.56. The second kappa shape index (κ2) is 7.57. The third-order valence-corrected chi connectivity index (χ3v) is 5.18. The van der Waals surface area contributed by atoms with E-state index >= 15 is 0 Å². The summed E-state index contributed by atoms with van der Waals surface area (Å²) in [5, 5.41) is 4.42. The van der Waals surface area contributed by atoms with Gasteiger partial charge in [-0.1, -0.05) is 26.2 Å². The van der Waals surface area contributed by atoms with E-state index in [2.05, 4.69) is 28.0 Å². The molecule has 20 heavy (non-hydrogen) atoms. The Kier molecular flexibility index (Phi) is 6.05. The van der Waals surface area contributed by atoms with Crippen LogP contribution in [0.25, 0.3) is 0 Å². The molecule has 5 heteroatoms. The minimum absolute atomic E-state index is 0.0677. The topological polar surface area (TPSA) is 53.1 Å². The lowest BCUT2D eigenvalue weighted by molar-refractivity contribution is 0.178. The van der Waals surface area contributed by atoms with Crippen LogP contribution in [0.2, 0.25) is 0 Å². The van der Waals surface area contributed by atoms with Crippen LogP contribution in [0.3, 0.4) is 0 Å². The number of rotatable bonds is 6. The van der Waals surface area contributed by atoms with Crippen LogP contribution in [0.4, 0.5) is 0 Å². The van der Waals surface area contributed by atoms with Crippen molar-refractivity contribution in [3.05, 3.63) is 16.4 Å². The Morgan fingerprint density at radius 2 is 2.35 bits per heavy atom. The highest BCUT2D eigenvalue weighted by atomic mass is 79.9. The summed E-state index contributed by atoms with van der Waals surface area (Å²) in [7, 11) is 1.71. The van der Waals surface area contributed by atoms with Crippen LogP contribution < -0.4 is 5.73 Å². The van der Waals surface area contributed by atoms with Crippen molar-refractivity contribution in [2.75, 3.05) is 13.7 Å². The number of hydrogen-bond donors (Lipinski definition) is 1. The van der Waals surface area contributed by atoms with E-state index in [9.17, 15) is 0 Å². The van der Waals surface area contributed by atoms with Crippen LogP contribution in [0.5, 0.6) is 0 Å². The first kappa shape index (κ1) is 16.0. The predicted molar refractivity (Wildman–Crippen MR) is 84.5 cm³/mol. The molecule has 4 nitrogen and oxygen atoms in total. The third kappa shape index (κ3) is 3.62. The van der Waals surface area contributed by atoms with Gasteiger partial charge in [0.2, 0.25) is 0 Å². The lowest BCUT2D eigenvalue weighted by atomic mass is 9.76. The lowest BCUT2D eigenvalue weighted by Gasteiger charge is -2.32. The molecule has 1 fully saturated rings. The second-order valence-corrected chi connectivity index (χ2v) is 6.67. The van der Waals surface area contributed by atoms with Crippen molar-refractivity contribution in [3.8, 4) is 0 Å². The van der Waals surface area contributed by atoms with Gasteiger partial charge in [0.1, 0.15) is 0 Å². The van der Waals surface area contributed by atoms with Crippen molar-refractivity contribution in [2.24, 2.45) is 17.6 Å². The van der Waals surface area contributed by atoms with Crippen molar-refractivity contribution in [3.63, 3.8) is 0 Å². The van der Waals surface area contributed by atoms with Gasteiger partial charge in [0.15, 0.2) is 0 Å². The van der Waals surface area contributed by atoms with E-state index in [1.165, 1.54) is 32.1 Å². The number of nitrogens with two attached hydrogens (primary N) is 1. The minimum Gasteiger partial charge on any atom is -0.383 e. The van der Waals surface area contributed by atoms with Crippen LogP contribution >= 0.6 is 15.9 Å².